The number of rotatable bonds is 6. The van der Waals surface area contributed by atoms with Crippen LogP contribution in [0, 0.1) is 11.3 Å². The maximum atomic E-state index is 12.6. The lowest BCUT2D eigenvalue weighted by atomic mass is 9.78. The minimum absolute atomic E-state index is 0.0818. The van der Waals surface area contributed by atoms with Gasteiger partial charge in [-0.3, -0.25) is 14.5 Å². The van der Waals surface area contributed by atoms with E-state index < -0.39 is 11.5 Å². The summed E-state index contributed by atoms with van der Waals surface area (Å²) < 4.78 is 10.7. The number of carbonyl (C=O) groups is 2. The SMILES string of the molecule is CC(C)(C)OC(=O)C[C@H](C(=O)NCCN1CCOCC1)C(C)(C)C. The molecule has 1 fully saturated rings. The maximum absolute atomic E-state index is 12.6. The van der Waals surface area contributed by atoms with Crippen LogP contribution < -0.4 is 5.32 Å². The second kappa shape index (κ2) is 8.81. The van der Waals surface area contributed by atoms with Gasteiger partial charge in [0, 0.05) is 26.2 Å². The van der Waals surface area contributed by atoms with E-state index in [2.05, 4.69) is 10.2 Å². The highest BCUT2D eigenvalue weighted by Gasteiger charge is 2.34. The molecule has 6 nitrogen and oxygen atoms in total. The van der Waals surface area contributed by atoms with E-state index >= 15 is 0 Å². The summed E-state index contributed by atoms with van der Waals surface area (Å²) in [5, 5.41) is 2.98. The van der Waals surface area contributed by atoms with Gasteiger partial charge in [0.05, 0.1) is 25.6 Å². The molecule has 1 aliphatic heterocycles. The third-order valence-corrected chi connectivity index (χ3v) is 3.98. The minimum atomic E-state index is -0.535. The van der Waals surface area contributed by atoms with Crippen LogP contribution in [-0.2, 0) is 19.1 Å². The molecule has 140 valence electrons. The molecule has 0 bridgehead atoms. The van der Waals surface area contributed by atoms with E-state index in [4.69, 9.17) is 9.47 Å². The zero-order valence-corrected chi connectivity index (χ0v) is 16.1. The first-order valence-electron chi connectivity index (χ1n) is 8.79. The van der Waals surface area contributed by atoms with Crippen LogP contribution in [0.5, 0.6) is 0 Å². The first-order chi connectivity index (χ1) is 11.0. The van der Waals surface area contributed by atoms with Gasteiger partial charge in [-0.25, -0.2) is 0 Å². The van der Waals surface area contributed by atoms with Crippen molar-refractivity contribution in [2.24, 2.45) is 11.3 Å². The van der Waals surface area contributed by atoms with Crippen molar-refractivity contribution in [3.05, 3.63) is 0 Å². The quantitative estimate of drug-likeness (QED) is 0.746. The van der Waals surface area contributed by atoms with Crippen LogP contribution in [-0.4, -0.2) is 61.8 Å². The molecule has 0 radical (unpaired) electrons. The van der Waals surface area contributed by atoms with Crippen molar-refractivity contribution in [1.82, 2.24) is 10.2 Å². The van der Waals surface area contributed by atoms with E-state index in [1.165, 1.54) is 0 Å². The first-order valence-corrected chi connectivity index (χ1v) is 8.79. The molecule has 6 heteroatoms. The normalized spacial score (nSPS) is 18.1. The fourth-order valence-electron chi connectivity index (χ4n) is 2.63. The lowest BCUT2D eigenvalue weighted by Gasteiger charge is -2.31. The molecule has 1 amide bonds. The molecular weight excluding hydrogens is 308 g/mol. The third kappa shape index (κ3) is 8.11. The lowest BCUT2D eigenvalue weighted by Crippen LogP contribution is -2.45. The maximum Gasteiger partial charge on any atom is 0.307 e. The van der Waals surface area contributed by atoms with E-state index in [0.717, 1.165) is 32.8 Å². The molecule has 1 saturated heterocycles. The molecule has 24 heavy (non-hydrogen) atoms. The van der Waals surface area contributed by atoms with Gasteiger partial charge in [0.25, 0.3) is 0 Å². The highest BCUT2D eigenvalue weighted by molar-refractivity contribution is 5.84. The molecular formula is C18H34N2O4. The number of nitrogens with zero attached hydrogens (tertiary/aromatic N) is 1. The molecule has 0 aromatic heterocycles. The number of esters is 1. The Bertz CT molecular complexity index is 418. The molecule has 0 spiro atoms. The van der Waals surface area contributed by atoms with E-state index in [9.17, 15) is 9.59 Å². The van der Waals surface area contributed by atoms with E-state index in [1.54, 1.807) is 0 Å². The molecule has 0 saturated carbocycles. The van der Waals surface area contributed by atoms with E-state index in [-0.39, 0.29) is 23.7 Å². The van der Waals surface area contributed by atoms with E-state index in [1.807, 2.05) is 41.5 Å². The van der Waals surface area contributed by atoms with Gasteiger partial charge in [0.1, 0.15) is 5.60 Å². The number of hydrogen-bond donors (Lipinski definition) is 1. The summed E-state index contributed by atoms with van der Waals surface area (Å²) in [4.78, 5) is 27.0. The summed E-state index contributed by atoms with van der Waals surface area (Å²) in [5.74, 6) is -0.815. The molecule has 1 rings (SSSR count). The predicted molar refractivity (Wildman–Crippen MR) is 93.7 cm³/mol. The molecule has 1 atom stereocenters. The Morgan fingerprint density at radius 1 is 1.12 bits per heavy atom. The number of carbonyl (C=O) groups excluding carboxylic acids is 2. The second-order valence-electron chi connectivity index (χ2n) is 8.45. The zero-order valence-electron chi connectivity index (χ0n) is 16.1. The summed E-state index contributed by atoms with van der Waals surface area (Å²) in [6, 6.07) is 0. The number of morpholine rings is 1. The summed E-state index contributed by atoms with van der Waals surface area (Å²) in [7, 11) is 0. The Morgan fingerprint density at radius 2 is 1.71 bits per heavy atom. The molecule has 0 unspecified atom stereocenters. The van der Waals surface area contributed by atoms with Crippen LogP contribution >= 0.6 is 0 Å². The van der Waals surface area contributed by atoms with Gasteiger partial charge >= 0.3 is 5.97 Å². The Kier molecular flexibility index (Phi) is 7.67. The van der Waals surface area contributed by atoms with Crippen molar-refractivity contribution in [2.45, 2.75) is 53.6 Å². The van der Waals surface area contributed by atoms with Crippen molar-refractivity contribution in [3.63, 3.8) is 0 Å². The van der Waals surface area contributed by atoms with Crippen molar-refractivity contribution in [2.75, 3.05) is 39.4 Å². The Hall–Kier alpha value is -1.14. The van der Waals surface area contributed by atoms with Crippen LogP contribution in [0.4, 0.5) is 0 Å². The Labute approximate surface area is 146 Å². The van der Waals surface area contributed by atoms with Gasteiger partial charge in [0.2, 0.25) is 5.91 Å². The average molecular weight is 342 g/mol. The highest BCUT2D eigenvalue weighted by atomic mass is 16.6. The van der Waals surface area contributed by atoms with Gasteiger partial charge in [0.15, 0.2) is 0 Å². The van der Waals surface area contributed by atoms with E-state index in [0.29, 0.717) is 6.54 Å². The minimum Gasteiger partial charge on any atom is -0.460 e. The number of amides is 1. The monoisotopic (exact) mass is 342 g/mol. The third-order valence-electron chi connectivity index (χ3n) is 3.98. The van der Waals surface area contributed by atoms with Gasteiger partial charge in [-0.15, -0.1) is 0 Å². The summed E-state index contributed by atoms with van der Waals surface area (Å²) in [6.07, 6.45) is 0.101. The number of hydrogen-bond acceptors (Lipinski definition) is 5. The Balaban J connectivity index is 2.51. The van der Waals surface area contributed by atoms with Crippen LogP contribution in [0.15, 0.2) is 0 Å². The largest absolute Gasteiger partial charge is 0.460 e. The molecule has 0 aromatic rings. The lowest BCUT2D eigenvalue weighted by molar-refractivity contribution is -0.159. The predicted octanol–water partition coefficient (Wildman–Crippen LogP) is 1.83. The second-order valence-corrected chi connectivity index (χ2v) is 8.45. The molecule has 1 aliphatic rings. The smallest absolute Gasteiger partial charge is 0.307 e. The van der Waals surface area contributed by atoms with Crippen LogP contribution in [0.1, 0.15) is 48.0 Å². The molecule has 0 aliphatic carbocycles. The van der Waals surface area contributed by atoms with Crippen molar-refractivity contribution in [3.8, 4) is 0 Å². The highest BCUT2D eigenvalue weighted by Crippen LogP contribution is 2.30. The molecule has 1 N–H and O–H groups in total. The van der Waals surface area contributed by atoms with Gasteiger partial charge in [-0.05, 0) is 26.2 Å². The van der Waals surface area contributed by atoms with Gasteiger partial charge in [-0.1, -0.05) is 20.8 Å². The fourth-order valence-corrected chi connectivity index (χ4v) is 2.63. The molecule has 0 aromatic carbocycles. The standard InChI is InChI=1S/C18H34N2O4/c1-17(2,3)14(13-15(21)24-18(4,5)6)16(22)19-7-8-20-9-11-23-12-10-20/h14H,7-13H2,1-6H3,(H,19,22)/t14-/m1/s1. The number of nitrogens with one attached hydrogen (secondary N) is 1. The van der Waals surface area contributed by atoms with Crippen molar-refractivity contribution in [1.29, 1.82) is 0 Å². The summed E-state index contributed by atoms with van der Waals surface area (Å²) in [6.45, 7) is 16.1. The average Bonchev–Trinajstić information content (AvgIpc) is 2.42. The van der Waals surface area contributed by atoms with Gasteiger partial charge in [-0.2, -0.15) is 0 Å². The summed E-state index contributed by atoms with van der Waals surface area (Å²) >= 11 is 0. The zero-order chi connectivity index (χ0) is 18.4. The summed E-state index contributed by atoms with van der Waals surface area (Å²) in [5.41, 5.74) is -0.841. The fraction of sp³-hybridized carbons (Fsp3) is 0.889. The topological polar surface area (TPSA) is 67.9 Å². The van der Waals surface area contributed by atoms with Crippen LogP contribution in [0.25, 0.3) is 0 Å². The van der Waals surface area contributed by atoms with Crippen LogP contribution in [0.2, 0.25) is 0 Å². The van der Waals surface area contributed by atoms with Gasteiger partial charge < -0.3 is 14.8 Å². The first kappa shape index (κ1) is 20.9. The Morgan fingerprint density at radius 3 is 2.21 bits per heavy atom. The van der Waals surface area contributed by atoms with Crippen molar-refractivity contribution >= 4 is 11.9 Å². The van der Waals surface area contributed by atoms with Crippen LogP contribution in [0.3, 0.4) is 0 Å². The number of ether oxygens (including phenoxy) is 2. The molecule has 1 heterocycles. The van der Waals surface area contributed by atoms with Crippen molar-refractivity contribution < 1.29 is 19.1 Å².